The molecule has 0 bridgehead atoms. The first kappa shape index (κ1) is 13.9. The van der Waals surface area contributed by atoms with Crippen LogP contribution < -0.4 is 0 Å². The van der Waals surface area contributed by atoms with Gasteiger partial charge in [-0.1, -0.05) is 24.9 Å². The molecule has 1 aromatic rings. The standard InChI is InChI=1S/C11H16BrClN2O/c1-5-6-7-8(12)9(13)15-10(14-7)11(2,3)16-4/h5-6H2,1-4H3. The Morgan fingerprint density at radius 3 is 2.50 bits per heavy atom. The van der Waals surface area contributed by atoms with Gasteiger partial charge in [0.05, 0.1) is 10.2 Å². The molecule has 0 saturated carbocycles. The van der Waals surface area contributed by atoms with Crippen LogP contribution in [0.1, 0.15) is 38.7 Å². The SMILES string of the molecule is CCCc1nc(C(C)(C)OC)nc(Cl)c1Br. The maximum atomic E-state index is 6.06. The number of methoxy groups -OCH3 is 1. The van der Waals surface area contributed by atoms with Gasteiger partial charge in [-0.05, 0) is 36.2 Å². The van der Waals surface area contributed by atoms with E-state index in [1.165, 1.54) is 0 Å². The maximum absolute atomic E-state index is 6.06. The van der Waals surface area contributed by atoms with Crippen LogP contribution in [-0.4, -0.2) is 17.1 Å². The zero-order valence-corrected chi connectivity index (χ0v) is 12.3. The Labute approximate surface area is 110 Å². The normalized spacial score (nSPS) is 11.9. The summed E-state index contributed by atoms with van der Waals surface area (Å²) in [5.41, 5.74) is 0.412. The van der Waals surface area contributed by atoms with E-state index in [9.17, 15) is 0 Å². The fraction of sp³-hybridized carbons (Fsp3) is 0.636. The summed E-state index contributed by atoms with van der Waals surface area (Å²) in [6.45, 7) is 5.94. The van der Waals surface area contributed by atoms with E-state index in [2.05, 4.69) is 32.8 Å². The van der Waals surface area contributed by atoms with Crippen molar-refractivity contribution < 1.29 is 4.74 Å². The summed E-state index contributed by atoms with van der Waals surface area (Å²) < 4.78 is 6.14. The van der Waals surface area contributed by atoms with Crippen molar-refractivity contribution >= 4 is 27.5 Å². The Kier molecular flexibility index (Phi) is 4.71. The molecule has 0 aliphatic heterocycles. The molecule has 0 atom stereocenters. The average Bonchev–Trinajstić information content (AvgIpc) is 2.24. The van der Waals surface area contributed by atoms with Gasteiger partial charge in [-0.25, -0.2) is 9.97 Å². The number of aromatic nitrogens is 2. The van der Waals surface area contributed by atoms with Crippen LogP contribution in [0.3, 0.4) is 0 Å². The van der Waals surface area contributed by atoms with E-state index >= 15 is 0 Å². The maximum Gasteiger partial charge on any atom is 0.161 e. The van der Waals surface area contributed by atoms with Crippen molar-refractivity contribution in [3.05, 3.63) is 21.1 Å². The van der Waals surface area contributed by atoms with Crippen LogP contribution in [0.25, 0.3) is 0 Å². The minimum Gasteiger partial charge on any atom is -0.371 e. The van der Waals surface area contributed by atoms with Gasteiger partial charge >= 0.3 is 0 Å². The van der Waals surface area contributed by atoms with Crippen LogP contribution in [-0.2, 0) is 16.8 Å². The highest BCUT2D eigenvalue weighted by Crippen LogP contribution is 2.28. The molecule has 0 aliphatic carbocycles. The largest absolute Gasteiger partial charge is 0.371 e. The van der Waals surface area contributed by atoms with Crippen LogP contribution in [0.4, 0.5) is 0 Å². The lowest BCUT2D eigenvalue weighted by Gasteiger charge is -2.22. The topological polar surface area (TPSA) is 35.0 Å². The van der Waals surface area contributed by atoms with Crippen molar-refractivity contribution in [3.8, 4) is 0 Å². The molecule has 0 amide bonds. The van der Waals surface area contributed by atoms with Crippen molar-refractivity contribution in [3.63, 3.8) is 0 Å². The molecule has 1 rings (SSSR count). The minimum absolute atomic E-state index is 0.443. The molecule has 5 heteroatoms. The second kappa shape index (κ2) is 5.43. The summed E-state index contributed by atoms with van der Waals surface area (Å²) in [4.78, 5) is 8.74. The Bertz CT molecular complexity index is 382. The van der Waals surface area contributed by atoms with Gasteiger partial charge < -0.3 is 4.74 Å². The van der Waals surface area contributed by atoms with Gasteiger partial charge in [0.2, 0.25) is 0 Å². The van der Waals surface area contributed by atoms with Crippen LogP contribution in [0.2, 0.25) is 5.15 Å². The van der Waals surface area contributed by atoms with Gasteiger partial charge in [0.25, 0.3) is 0 Å². The van der Waals surface area contributed by atoms with Gasteiger partial charge in [0.15, 0.2) is 5.82 Å². The molecule has 90 valence electrons. The highest BCUT2D eigenvalue weighted by atomic mass is 79.9. The molecule has 0 unspecified atom stereocenters. The zero-order valence-electron chi connectivity index (χ0n) is 9.97. The summed E-state index contributed by atoms with van der Waals surface area (Å²) in [7, 11) is 1.64. The number of aryl methyl sites for hydroxylation is 1. The molecule has 0 radical (unpaired) electrons. The molecule has 16 heavy (non-hydrogen) atoms. The predicted octanol–water partition coefficient (Wildman–Crippen LogP) is 3.73. The smallest absolute Gasteiger partial charge is 0.161 e. The number of hydrogen-bond donors (Lipinski definition) is 0. The van der Waals surface area contributed by atoms with Gasteiger partial charge in [-0.2, -0.15) is 0 Å². The van der Waals surface area contributed by atoms with Gasteiger partial charge in [-0.3, -0.25) is 0 Å². The Morgan fingerprint density at radius 1 is 1.38 bits per heavy atom. The number of hydrogen-bond acceptors (Lipinski definition) is 3. The van der Waals surface area contributed by atoms with E-state index in [4.69, 9.17) is 16.3 Å². The highest BCUT2D eigenvalue weighted by molar-refractivity contribution is 9.10. The van der Waals surface area contributed by atoms with E-state index in [-0.39, 0.29) is 0 Å². The second-order valence-electron chi connectivity index (χ2n) is 4.06. The fourth-order valence-electron chi connectivity index (χ4n) is 1.23. The Balaban J connectivity index is 3.23. The van der Waals surface area contributed by atoms with Crippen LogP contribution in [0, 0.1) is 0 Å². The Hall–Kier alpha value is -0.190. The lowest BCUT2D eigenvalue weighted by atomic mass is 10.1. The number of halogens is 2. The molecular weight excluding hydrogens is 291 g/mol. The monoisotopic (exact) mass is 306 g/mol. The summed E-state index contributed by atoms with van der Waals surface area (Å²) >= 11 is 9.47. The molecular formula is C11H16BrClN2O. The first-order valence-corrected chi connectivity index (χ1v) is 6.37. The molecule has 0 aliphatic rings. The minimum atomic E-state index is -0.521. The van der Waals surface area contributed by atoms with E-state index in [1.807, 2.05) is 13.8 Å². The summed E-state index contributed by atoms with van der Waals surface area (Å²) in [5.74, 6) is 0.617. The van der Waals surface area contributed by atoms with Crippen LogP contribution >= 0.6 is 27.5 Å². The predicted molar refractivity (Wildman–Crippen MR) is 68.8 cm³/mol. The van der Waals surface area contributed by atoms with E-state index < -0.39 is 5.60 Å². The quantitative estimate of drug-likeness (QED) is 0.795. The van der Waals surface area contributed by atoms with Crippen molar-refractivity contribution in [1.82, 2.24) is 9.97 Å². The van der Waals surface area contributed by atoms with E-state index in [1.54, 1.807) is 7.11 Å². The third kappa shape index (κ3) is 2.93. The van der Waals surface area contributed by atoms with Gasteiger partial charge in [0, 0.05) is 7.11 Å². The molecule has 1 heterocycles. The number of nitrogens with zero attached hydrogens (tertiary/aromatic N) is 2. The molecule has 3 nitrogen and oxygen atoms in total. The third-order valence-corrected chi connectivity index (χ3v) is 3.75. The average molecular weight is 308 g/mol. The van der Waals surface area contributed by atoms with Crippen molar-refractivity contribution in [2.24, 2.45) is 0 Å². The van der Waals surface area contributed by atoms with Gasteiger partial charge in [0.1, 0.15) is 10.8 Å². The van der Waals surface area contributed by atoms with Gasteiger partial charge in [-0.15, -0.1) is 0 Å². The molecule has 0 fully saturated rings. The molecule has 0 aromatic carbocycles. The first-order valence-electron chi connectivity index (χ1n) is 5.20. The third-order valence-electron chi connectivity index (χ3n) is 2.42. The summed E-state index contributed by atoms with van der Waals surface area (Å²) in [6.07, 6.45) is 1.88. The van der Waals surface area contributed by atoms with Crippen LogP contribution in [0.15, 0.2) is 4.47 Å². The van der Waals surface area contributed by atoms with Crippen molar-refractivity contribution in [2.45, 2.75) is 39.2 Å². The lowest BCUT2D eigenvalue weighted by Crippen LogP contribution is -2.24. The fourth-order valence-corrected chi connectivity index (χ4v) is 1.79. The zero-order chi connectivity index (χ0) is 12.3. The molecule has 1 aromatic heterocycles. The van der Waals surface area contributed by atoms with Crippen molar-refractivity contribution in [1.29, 1.82) is 0 Å². The summed E-state index contributed by atoms with van der Waals surface area (Å²) in [5, 5.41) is 0.443. The van der Waals surface area contributed by atoms with Crippen LogP contribution in [0.5, 0.6) is 0 Å². The van der Waals surface area contributed by atoms with Crippen molar-refractivity contribution in [2.75, 3.05) is 7.11 Å². The highest BCUT2D eigenvalue weighted by Gasteiger charge is 2.25. The first-order chi connectivity index (χ1) is 7.42. The Morgan fingerprint density at radius 2 is 2.00 bits per heavy atom. The summed E-state index contributed by atoms with van der Waals surface area (Å²) in [6, 6.07) is 0. The number of ether oxygens (including phenoxy) is 1. The van der Waals surface area contributed by atoms with E-state index in [0.29, 0.717) is 11.0 Å². The lowest BCUT2D eigenvalue weighted by molar-refractivity contribution is 0.0112. The molecule has 0 spiro atoms. The molecule has 0 N–H and O–H groups in total. The second-order valence-corrected chi connectivity index (χ2v) is 5.21. The molecule has 0 saturated heterocycles. The number of rotatable bonds is 4. The van der Waals surface area contributed by atoms with E-state index in [0.717, 1.165) is 23.0 Å².